The number of aliphatic carboxylic acids is 1. The predicted molar refractivity (Wildman–Crippen MR) is 94.5 cm³/mol. The number of benzene rings is 1. The Morgan fingerprint density at radius 3 is 2.83 bits per heavy atom. The van der Waals surface area contributed by atoms with Gasteiger partial charge in [0, 0.05) is 23.8 Å². The summed E-state index contributed by atoms with van der Waals surface area (Å²) in [6, 6.07) is 7.70. The highest BCUT2D eigenvalue weighted by Crippen LogP contribution is 2.35. The number of carboxylic acid groups (broad SMARTS) is 1. The van der Waals surface area contributed by atoms with Gasteiger partial charge in [-0.2, -0.15) is 0 Å². The van der Waals surface area contributed by atoms with Crippen molar-refractivity contribution in [3.63, 3.8) is 0 Å². The Morgan fingerprint density at radius 1 is 1.33 bits per heavy atom. The number of nitrogens with zero attached hydrogens (tertiary/aromatic N) is 1. The molecule has 2 N–H and O–H groups in total. The molecule has 1 aliphatic carbocycles. The summed E-state index contributed by atoms with van der Waals surface area (Å²) in [6.45, 7) is 3.09. The lowest BCUT2D eigenvalue weighted by Gasteiger charge is -2.25. The summed E-state index contributed by atoms with van der Waals surface area (Å²) in [6.07, 6.45) is 7.66. The number of nitrogens with one attached hydrogen (secondary N) is 1. The van der Waals surface area contributed by atoms with Crippen molar-refractivity contribution in [2.75, 3.05) is 18.5 Å². The predicted octanol–water partition coefficient (Wildman–Crippen LogP) is 3.86. The molecule has 0 amide bonds. The smallest absolute Gasteiger partial charge is 0.312 e. The molecule has 0 unspecified atom stereocenters. The second-order valence-corrected chi connectivity index (χ2v) is 6.18. The zero-order chi connectivity index (χ0) is 17.0. The van der Waals surface area contributed by atoms with Crippen molar-refractivity contribution in [3.8, 4) is 5.75 Å². The molecule has 24 heavy (non-hydrogen) atoms. The second-order valence-electron chi connectivity index (χ2n) is 6.18. The summed E-state index contributed by atoms with van der Waals surface area (Å²) < 4.78 is 5.77. The van der Waals surface area contributed by atoms with Gasteiger partial charge in [-0.05, 0) is 31.4 Å². The maximum Gasteiger partial charge on any atom is 0.312 e. The number of hydrogen-bond donors (Lipinski definition) is 2. The van der Waals surface area contributed by atoms with Gasteiger partial charge in [0.1, 0.15) is 11.3 Å². The largest absolute Gasteiger partial charge is 0.491 e. The Labute approximate surface area is 141 Å². The van der Waals surface area contributed by atoms with Gasteiger partial charge in [-0.15, -0.1) is 0 Å². The van der Waals surface area contributed by atoms with E-state index in [1.165, 1.54) is 0 Å². The van der Waals surface area contributed by atoms with E-state index in [-0.39, 0.29) is 0 Å². The Bertz CT molecular complexity index is 762. The molecule has 0 saturated carbocycles. The number of aromatic nitrogens is 1. The molecule has 3 rings (SSSR count). The molecule has 0 aliphatic heterocycles. The molecule has 0 saturated heterocycles. The molecular weight excluding hydrogens is 304 g/mol. The first kappa shape index (κ1) is 16.3. The Kier molecular flexibility index (Phi) is 4.69. The highest BCUT2D eigenvalue weighted by Gasteiger charge is 2.38. The second kappa shape index (κ2) is 6.91. The van der Waals surface area contributed by atoms with E-state index < -0.39 is 11.4 Å². The van der Waals surface area contributed by atoms with E-state index in [4.69, 9.17) is 4.74 Å². The summed E-state index contributed by atoms with van der Waals surface area (Å²) in [5.74, 6) is -0.00110. The van der Waals surface area contributed by atoms with Crippen LogP contribution in [0.2, 0.25) is 0 Å². The van der Waals surface area contributed by atoms with Crippen molar-refractivity contribution in [2.45, 2.75) is 26.2 Å². The van der Waals surface area contributed by atoms with Gasteiger partial charge in [0.15, 0.2) is 0 Å². The number of carboxylic acids is 1. The van der Waals surface area contributed by atoms with Gasteiger partial charge in [-0.3, -0.25) is 9.78 Å². The summed E-state index contributed by atoms with van der Waals surface area (Å²) in [7, 11) is 0. The average molecular weight is 326 g/mol. The molecule has 5 heteroatoms. The SMILES string of the molecule is CCCOc1cccc2c(NCC3(C(=O)O)CC=CC3)ccnc12. The number of hydrogen-bond acceptors (Lipinski definition) is 4. The van der Waals surface area contributed by atoms with Crippen LogP contribution in [0, 0.1) is 5.41 Å². The average Bonchev–Trinajstić information content (AvgIpc) is 3.08. The minimum atomic E-state index is -0.759. The zero-order valence-corrected chi connectivity index (χ0v) is 13.8. The first-order valence-electron chi connectivity index (χ1n) is 8.29. The molecule has 5 nitrogen and oxygen atoms in total. The molecule has 0 bridgehead atoms. The number of carbonyl (C=O) groups is 1. The van der Waals surface area contributed by atoms with Gasteiger partial charge < -0.3 is 15.2 Å². The monoisotopic (exact) mass is 326 g/mol. The molecule has 1 heterocycles. The van der Waals surface area contributed by atoms with Crippen molar-refractivity contribution in [1.29, 1.82) is 0 Å². The molecule has 0 spiro atoms. The Balaban J connectivity index is 1.86. The maximum absolute atomic E-state index is 11.7. The van der Waals surface area contributed by atoms with E-state index in [0.29, 0.717) is 26.0 Å². The number of ether oxygens (including phenoxy) is 1. The lowest BCUT2D eigenvalue weighted by molar-refractivity contribution is -0.147. The number of anilines is 1. The summed E-state index contributed by atoms with van der Waals surface area (Å²) in [5.41, 5.74) is 0.922. The molecule has 126 valence electrons. The topological polar surface area (TPSA) is 71.5 Å². The van der Waals surface area contributed by atoms with E-state index in [2.05, 4.69) is 17.2 Å². The standard InChI is InChI=1S/C19H22N2O3/c1-2-12-24-16-7-5-6-14-15(8-11-20-17(14)16)21-13-19(18(22)23)9-3-4-10-19/h3-8,11H,2,9-10,12-13H2,1H3,(H,20,21)(H,22,23). The molecule has 0 radical (unpaired) electrons. The van der Waals surface area contributed by atoms with Crippen LogP contribution in [0.25, 0.3) is 10.9 Å². The third-order valence-electron chi connectivity index (χ3n) is 4.45. The van der Waals surface area contributed by atoms with Crippen LogP contribution in [-0.2, 0) is 4.79 Å². The fraction of sp³-hybridized carbons (Fsp3) is 0.368. The van der Waals surface area contributed by atoms with Crippen LogP contribution in [0.3, 0.4) is 0 Å². The summed E-state index contributed by atoms with van der Waals surface area (Å²) in [5, 5.41) is 13.8. The lowest BCUT2D eigenvalue weighted by atomic mass is 9.85. The normalized spacial score (nSPS) is 15.5. The molecule has 1 aromatic carbocycles. The van der Waals surface area contributed by atoms with Crippen molar-refractivity contribution < 1.29 is 14.6 Å². The molecule has 0 fully saturated rings. The summed E-state index contributed by atoms with van der Waals surface area (Å²) >= 11 is 0. The van der Waals surface area contributed by atoms with Crippen molar-refractivity contribution >= 4 is 22.6 Å². The van der Waals surface area contributed by atoms with Gasteiger partial charge in [0.05, 0.1) is 12.0 Å². The van der Waals surface area contributed by atoms with E-state index in [1.54, 1.807) is 6.20 Å². The van der Waals surface area contributed by atoms with Gasteiger partial charge in [-0.25, -0.2) is 0 Å². The Hall–Kier alpha value is -2.56. The maximum atomic E-state index is 11.7. The highest BCUT2D eigenvalue weighted by atomic mass is 16.5. The van der Waals surface area contributed by atoms with Gasteiger partial charge in [0.25, 0.3) is 0 Å². The molecule has 1 aromatic heterocycles. The molecule has 2 aromatic rings. The third-order valence-corrected chi connectivity index (χ3v) is 4.45. The minimum absolute atomic E-state index is 0.383. The minimum Gasteiger partial charge on any atom is -0.491 e. The first-order chi connectivity index (χ1) is 11.7. The molecule has 1 aliphatic rings. The number of fused-ring (bicyclic) bond motifs is 1. The zero-order valence-electron chi connectivity index (χ0n) is 13.8. The van der Waals surface area contributed by atoms with E-state index in [9.17, 15) is 9.90 Å². The molecular formula is C19H22N2O3. The number of para-hydroxylation sites is 1. The van der Waals surface area contributed by atoms with Gasteiger partial charge in [0.2, 0.25) is 0 Å². The van der Waals surface area contributed by atoms with E-state index >= 15 is 0 Å². The number of allylic oxidation sites excluding steroid dienone is 2. The van der Waals surface area contributed by atoms with Crippen LogP contribution >= 0.6 is 0 Å². The van der Waals surface area contributed by atoms with Crippen LogP contribution in [0.5, 0.6) is 5.75 Å². The van der Waals surface area contributed by atoms with Crippen molar-refractivity contribution in [3.05, 3.63) is 42.6 Å². The fourth-order valence-corrected chi connectivity index (χ4v) is 2.99. The third kappa shape index (κ3) is 3.07. The van der Waals surface area contributed by atoms with Crippen LogP contribution in [0.15, 0.2) is 42.6 Å². The lowest BCUT2D eigenvalue weighted by Crippen LogP contribution is -2.35. The summed E-state index contributed by atoms with van der Waals surface area (Å²) in [4.78, 5) is 16.1. The number of pyridine rings is 1. The van der Waals surface area contributed by atoms with Gasteiger partial charge in [-0.1, -0.05) is 31.2 Å². The van der Waals surface area contributed by atoms with Crippen molar-refractivity contribution in [1.82, 2.24) is 4.98 Å². The first-order valence-corrected chi connectivity index (χ1v) is 8.29. The fourth-order valence-electron chi connectivity index (χ4n) is 2.99. The number of rotatable bonds is 7. The van der Waals surface area contributed by atoms with Crippen LogP contribution < -0.4 is 10.1 Å². The quantitative estimate of drug-likeness (QED) is 0.756. The van der Waals surface area contributed by atoms with Crippen LogP contribution in [0.1, 0.15) is 26.2 Å². The van der Waals surface area contributed by atoms with Crippen LogP contribution in [-0.4, -0.2) is 29.2 Å². The highest BCUT2D eigenvalue weighted by molar-refractivity contribution is 5.94. The van der Waals surface area contributed by atoms with Crippen molar-refractivity contribution in [2.24, 2.45) is 5.41 Å². The Morgan fingerprint density at radius 2 is 2.12 bits per heavy atom. The van der Waals surface area contributed by atoms with Gasteiger partial charge >= 0.3 is 5.97 Å². The molecule has 0 atom stereocenters. The van der Waals surface area contributed by atoms with Crippen LogP contribution in [0.4, 0.5) is 5.69 Å². The van der Waals surface area contributed by atoms with E-state index in [1.807, 2.05) is 36.4 Å². The van der Waals surface area contributed by atoms with E-state index in [0.717, 1.165) is 28.8 Å².